The monoisotopic (exact) mass is 438 g/mol. The number of hydrogen-bond donors (Lipinski definition) is 1. The van der Waals surface area contributed by atoms with E-state index in [4.69, 9.17) is 0 Å². The number of aromatic nitrogens is 2. The molecule has 6 nitrogen and oxygen atoms in total. The van der Waals surface area contributed by atoms with Gasteiger partial charge < -0.3 is 5.32 Å². The van der Waals surface area contributed by atoms with Crippen molar-refractivity contribution in [2.45, 2.75) is 31.2 Å². The van der Waals surface area contributed by atoms with Gasteiger partial charge in [-0.05, 0) is 32.0 Å². The third kappa shape index (κ3) is 4.10. The fraction of sp³-hybridized carbons (Fsp3) is 0.300. The summed E-state index contributed by atoms with van der Waals surface area (Å²) in [6.07, 6.45) is -2.93. The average Bonchev–Trinajstić information content (AvgIpc) is 2.67. The van der Waals surface area contributed by atoms with Gasteiger partial charge in [-0.1, -0.05) is 18.2 Å². The number of rotatable bonds is 6. The van der Waals surface area contributed by atoms with Crippen molar-refractivity contribution >= 4 is 26.7 Å². The van der Waals surface area contributed by atoms with Gasteiger partial charge in [-0.2, -0.15) is 0 Å². The van der Waals surface area contributed by atoms with E-state index in [0.29, 0.717) is 16.7 Å². The predicted octanol–water partition coefficient (Wildman–Crippen LogP) is 4.44. The zero-order valence-electron chi connectivity index (χ0n) is 16.8. The first-order chi connectivity index (χ1) is 14.0. The molecule has 1 atom stereocenters. The van der Waals surface area contributed by atoms with E-state index in [0.717, 1.165) is 10.4 Å². The first-order valence-electron chi connectivity index (χ1n) is 9.06. The normalized spacial score (nSPS) is 13.2. The van der Waals surface area contributed by atoms with Crippen molar-refractivity contribution in [2.24, 2.45) is 0 Å². The molecule has 1 heterocycles. The molecule has 3 rings (SSSR count). The number of aryl methyl sites for hydroxylation is 1. The minimum Gasteiger partial charge on any atom is -0.363 e. The van der Waals surface area contributed by atoms with Crippen LogP contribution in [0.3, 0.4) is 0 Å². The highest BCUT2D eigenvalue weighted by Crippen LogP contribution is 2.31. The molecule has 1 N–H and O–H groups in total. The molecule has 160 valence electrons. The highest BCUT2D eigenvalue weighted by atomic mass is 32.2. The zero-order valence-corrected chi connectivity index (χ0v) is 17.6. The second-order valence-corrected chi connectivity index (χ2v) is 9.15. The van der Waals surface area contributed by atoms with Gasteiger partial charge in [-0.15, -0.1) is 0 Å². The van der Waals surface area contributed by atoms with Crippen LogP contribution in [0.15, 0.2) is 41.3 Å². The molecule has 0 radical (unpaired) electrons. The second-order valence-electron chi connectivity index (χ2n) is 7.00. The van der Waals surface area contributed by atoms with Crippen LogP contribution in [-0.4, -0.2) is 36.8 Å². The summed E-state index contributed by atoms with van der Waals surface area (Å²) in [5, 5.41) is 3.43. The van der Waals surface area contributed by atoms with E-state index in [-0.39, 0.29) is 16.3 Å². The standard InChI is InChI=1S/C20H21F3N4O2S/c1-11(14-6-5-7-15(18(14)21)19(22)23)24-20-16-10-13(30(28,29)27(3)4)8-9-17(16)25-12(2)26-20/h5-11,19H,1-4H3,(H,24,25,26)/t11-/m1/s1. The van der Waals surface area contributed by atoms with Gasteiger partial charge in [0.25, 0.3) is 6.43 Å². The Bertz CT molecular complexity index is 1200. The van der Waals surface area contributed by atoms with E-state index >= 15 is 0 Å². The summed E-state index contributed by atoms with van der Waals surface area (Å²) in [7, 11) is -0.847. The smallest absolute Gasteiger partial charge is 0.266 e. The van der Waals surface area contributed by atoms with Gasteiger partial charge >= 0.3 is 0 Å². The van der Waals surface area contributed by atoms with E-state index in [2.05, 4.69) is 15.3 Å². The summed E-state index contributed by atoms with van der Waals surface area (Å²) < 4.78 is 66.7. The van der Waals surface area contributed by atoms with Crippen molar-refractivity contribution in [1.29, 1.82) is 0 Å². The lowest BCUT2D eigenvalue weighted by atomic mass is 10.0. The van der Waals surface area contributed by atoms with Crippen molar-refractivity contribution in [1.82, 2.24) is 14.3 Å². The quantitative estimate of drug-likeness (QED) is 0.616. The van der Waals surface area contributed by atoms with Crippen LogP contribution in [-0.2, 0) is 10.0 Å². The SMILES string of the molecule is Cc1nc(N[C@H](C)c2cccc(C(F)F)c2F)c2cc(S(=O)(=O)N(C)C)ccc2n1. The Morgan fingerprint density at radius 3 is 2.37 bits per heavy atom. The maximum atomic E-state index is 14.5. The molecular weight excluding hydrogens is 417 g/mol. The van der Waals surface area contributed by atoms with Gasteiger partial charge in [-0.3, -0.25) is 0 Å². The number of alkyl halides is 2. The molecule has 0 saturated heterocycles. The van der Waals surface area contributed by atoms with Crippen LogP contribution in [0.5, 0.6) is 0 Å². The first kappa shape index (κ1) is 22.0. The van der Waals surface area contributed by atoms with Crippen molar-refractivity contribution in [3.63, 3.8) is 0 Å². The molecular formula is C20H21F3N4O2S. The van der Waals surface area contributed by atoms with Crippen LogP contribution in [0.2, 0.25) is 0 Å². The van der Waals surface area contributed by atoms with E-state index in [1.807, 2.05) is 0 Å². The van der Waals surface area contributed by atoms with E-state index < -0.39 is 33.9 Å². The van der Waals surface area contributed by atoms with Crippen molar-refractivity contribution in [2.75, 3.05) is 19.4 Å². The molecule has 0 fully saturated rings. The largest absolute Gasteiger partial charge is 0.363 e. The number of nitrogens with zero attached hydrogens (tertiary/aromatic N) is 3. The summed E-state index contributed by atoms with van der Waals surface area (Å²) in [6, 6.07) is 7.55. The molecule has 3 aromatic rings. The maximum Gasteiger partial charge on any atom is 0.266 e. The number of halogens is 3. The summed E-state index contributed by atoms with van der Waals surface area (Å²) in [6.45, 7) is 3.27. The Balaban J connectivity index is 2.09. The fourth-order valence-electron chi connectivity index (χ4n) is 3.06. The van der Waals surface area contributed by atoms with E-state index in [1.165, 1.54) is 38.4 Å². The topological polar surface area (TPSA) is 75.2 Å². The summed E-state index contributed by atoms with van der Waals surface area (Å²) in [4.78, 5) is 8.68. The molecule has 0 aliphatic heterocycles. The van der Waals surface area contributed by atoms with Gasteiger partial charge in [-0.25, -0.2) is 35.9 Å². The molecule has 10 heteroatoms. The molecule has 0 unspecified atom stereocenters. The number of nitrogens with one attached hydrogen (secondary N) is 1. The highest BCUT2D eigenvalue weighted by molar-refractivity contribution is 7.89. The van der Waals surface area contributed by atoms with Gasteiger partial charge in [0.15, 0.2) is 0 Å². The van der Waals surface area contributed by atoms with Gasteiger partial charge in [0.2, 0.25) is 10.0 Å². The minimum absolute atomic E-state index is 0.0500. The Kier molecular flexibility index (Phi) is 6.00. The molecule has 0 spiro atoms. The van der Waals surface area contributed by atoms with Gasteiger partial charge in [0.05, 0.1) is 22.0 Å². The van der Waals surface area contributed by atoms with E-state index in [9.17, 15) is 21.6 Å². The third-order valence-electron chi connectivity index (χ3n) is 4.67. The van der Waals surface area contributed by atoms with Crippen LogP contribution in [0, 0.1) is 12.7 Å². The van der Waals surface area contributed by atoms with Crippen LogP contribution < -0.4 is 5.32 Å². The predicted molar refractivity (Wildman–Crippen MR) is 109 cm³/mol. The summed E-state index contributed by atoms with van der Waals surface area (Å²) >= 11 is 0. The second kappa shape index (κ2) is 8.19. The van der Waals surface area contributed by atoms with Crippen molar-refractivity contribution in [3.05, 3.63) is 59.2 Å². The number of benzene rings is 2. The molecule has 2 aromatic carbocycles. The van der Waals surface area contributed by atoms with Crippen molar-refractivity contribution < 1.29 is 21.6 Å². The molecule has 0 aliphatic carbocycles. The molecule has 30 heavy (non-hydrogen) atoms. The lowest BCUT2D eigenvalue weighted by Gasteiger charge is -2.19. The molecule has 0 saturated carbocycles. The summed E-state index contributed by atoms with van der Waals surface area (Å²) in [5.41, 5.74) is -0.129. The first-order valence-corrected chi connectivity index (χ1v) is 10.5. The number of sulfonamides is 1. The Morgan fingerprint density at radius 1 is 1.07 bits per heavy atom. The average molecular weight is 438 g/mol. The molecule has 0 bridgehead atoms. The van der Waals surface area contributed by atoms with Gasteiger partial charge in [0.1, 0.15) is 17.5 Å². The number of fused-ring (bicyclic) bond motifs is 1. The number of hydrogen-bond acceptors (Lipinski definition) is 5. The van der Waals surface area contributed by atoms with E-state index in [1.54, 1.807) is 19.9 Å². The summed E-state index contributed by atoms with van der Waals surface area (Å²) in [5.74, 6) is -0.289. The number of anilines is 1. The highest BCUT2D eigenvalue weighted by Gasteiger charge is 2.22. The third-order valence-corrected chi connectivity index (χ3v) is 6.48. The minimum atomic E-state index is -3.69. The fourth-order valence-corrected chi connectivity index (χ4v) is 3.99. The lowest BCUT2D eigenvalue weighted by Crippen LogP contribution is -2.22. The van der Waals surface area contributed by atoms with Crippen molar-refractivity contribution in [3.8, 4) is 0 Å². The zero-order chi connectivity index (χ0) is 22.2. The van der Waals surface area contributed by atoms with Crippen LogP contribution in [0.4, 0.5) is 19.0 Å². The molecule has 0 aliphatic rings. The van der Waals surface area contributed by atoms with Crippen LogP contribution >= 0.6 is 0 Å². The van der Waals surface area contributed by atoms with Crippen LogP contribution in [0.1, 0.15) is 36.3 Å². The van der Waals surface area contributed by atoms with Crippen LogP contribution in [0.25, 0.3) is 10.9 Å². The molecule has 0 amide bonds. The lowest BCUT2D eigenvalue weighted by molar-refractivity contribution is 0.146. The Morgan fingerprint density at radius 2 is 1.73 bits per heavy atom. The molecule has 1 aromatic heterocycles. The van der Waals surface area contributed by atoms with Gasteiger partial charge in [0, 0.05) is 25.0 Å². The Labute approximate surface area is 172 Å². The Hall–Kier alpha value is -2.72. The maximum absolute atomic E-state index is 14.5.